The van der Waals surface area contributed by atoms with Crippen molar-refractivity contribution in [3.63, 3.8) is 0 Å². The lowest BCUT2D eigenvalue weighted by Gasteiger charge is -2.09. The minimum absolute atomic E-state index is 0.188. The van der Waals surface area contributed by atoms with E-state index in [1.807, 2.05) is 18.2 Å². The first-order valence-electron chi connectivity index (χ1n) is 5.02. The minimum atomic E-state index is 0.188. The van der Waals surface area contributed by atoms with Crippen molar-refractivity contribution in [2.75, 3.05) is 25.6 Å². The molecule has 0 heterocycles. The van der Waals surface area contributed by atoms with Crippen LogP contribution in [0.4, 0.5) is 0 Å². The molecule has 0 N–H and O–H groups in total. The Labute approximate surface area is 95.7 Å². The van der Waals surface area contributed by atoms with Gasteiger partial charge >= 0.3 is 0 Å². The van der Waals surface area contributed by atoms with Gasteiger partial charge in [0, 0.05) is 14.1 Å². The fourth-order valence-electron chi connectivity index (χ4n) is 1.12. The number of amides is 1. The van der Waals surface area contributed by atoms with Crippen LogP contribution in [-0.4, -0.2) is 36.4 Å². The van der Waals surface area contributed by atoms with Gasteiger partial charge in [0.2, 0.25) is 5.91 Å². The molecule has 3 heteroatoms. The lowest BCUT2D eigenvalue weighted by atomic mass is 10.2. The van der Waals surface area contributed by atoms with Crippen molar-refractivity contribution in [2.45, 2.75) is 6.42 Å². The van der Waals surface area contributed by atoms with Crippen LogP contribution in [0.1, 0.15) is 5.56 Å². The van der Waals surface area contributed by atoms with Crippen LogP contribution in [-0.2, 0) is 11.2 Å². The van der Waals surface area contributed by atoms with Crippen molar-refractivity contribution in [1.29, 1.82) is 0 Å². The Morgan fingerprint density at radius 2 is 1.93 bits per heavy atom. The SMILES string of the molecule is CN(C)C(=O)CSCCc1ccccc1. The van der Waals surface area contributed by atoms with Gasteiger partial charge in [0.1, 0.15) is 0 Å². The topological polar surface area (TPSA) is 20.3 Å². The minimum Gasteiger partial charge on any atom is -0.348 e. The molecule has 0 saturated carbocycles. The first-order chi connectivity index (χ1) is 7.20. The predicted octanol–water partition coefficient (Wildman–Crippen LogP) is 2.05. The monoisotopic (exact) mass is 223 g/mol. The first kappa shape index (κ1) is 12.1. The van der Waals surface area contributed by atoms with Gasteiger partial charge in [0.15, 0.2) is 0 Å². The Morgan fingerprint density at radius 3 is 2.53 bits per heavy atom. The van der Waals surface area contributed by atoms with Crippen molar-refractivity contribution < 1.29 is 4.79 Å². The van der Waals surface area contributed by atoms with Gasteiger partial charge in [-0.05, 0) is 17.7 Å². The van der Waals surface area contributed by atoms with Crippen LogP contribution in [0.5, 0.6) is 0 Å². The molecule has 0 aliphatic heterocycles. The molecule has 0 atom stereocenters. The van der Waals surface area contributed by atoms with E-state index >= 15 is 0 Å². The fraction of sp³-hybridized carbons (Fsp3) is 0.417. The van der Waals surface area contributed by atoms with Crippen molar-refractivity contribution in [3.05, 3.63) is 35.9 Å². The van der Waals surface area contributed by atoms with Crippen molar-refractivity contribution in [1.82, 2.24) is 4.90 Å². The molecule has 1 aromatic carbocycles. The molecule has 15 heavy (non-hydrogen) atoms. The van der Waals surface area contributed by atoms with Crippen molar-refractivity contribution >= 4 is 17.7 Å². The zero-order chi connectivity index (χ0) is 11.1. The zero-order valence-electron chi connectivity index (χ0n) is 9.27. The molecule has 1 aromatic rings. The maximum Gasteiger partial charge on any atom is 0.232 e. The standard InChI is InChI=1S/C12H17NOS/c1-13(2)12(14)10-15-9-8-11-6-4-3-5-7-11/h3-7H,8-10H2,1-2H3. The summed E-state index contributed by atoms with van der Waals surface area (Å²) >= 11 is 1.69. The summed E-state index contributed by atoms with van der Waals surface area (Å²) < 4.78 is 0. The van der Waals surface area contributed by atoms with Gasteiger partial charge in [-0.2, -0.15) is 11.8 Å². The molecule has 1 rings (SSSR count). The third kappa shape index (κ3) is 4.88. The lowest BCUT2D eigenvalue weighted by Crippen LogP contribution is -2.23. The third-order valence-electron chi connectivity index (χ3n) is 2.10. The van der Waals surface area contributed by atoms with Crippen molar-refractivity contribution in [2.24, 2.45) is 0 Å². The normalized spacial score (nSPS) is 10.0. The maximum absolute atomic E-state index is 11.3. The molecule has 2 nitrogen and oxygen atoms in total. The highest BCUT2D eigenvalue weighted by Gasteiger charge is 2.02. The largest absolute Gasteiger partial charge is 0.348 e. The molecule has 1 amide bonds. The van der Waals surface area contributed by atoms with Gasteiger partial charge in [0.25, 0.3) is 0 Å². The molecule has 0 bridgehead atoms. The summed E-state index contributed by atoms with van der Waals surface area (Å²) in [7, 11) is 3.58. The van der Waals surface area contributed by atoms with E-state index in [-0.39, 0.29) is 5.91 Å². The van der Waals surface area contributed by atoms with E-state index in [1.165, 1.54) is 5.56 Å². The van der Waals surface area contributed by atoms with Crippen LogP contribution in [0.3, 0.4) is 0 Å². The Kier molecular flexibility index (Phi) is 5.26. The maximum atomic E-state index is 11.3. The summed E-state index contributed by atoms with van der Waals surface area (Å²) in [6, 6.07) is 10.4. The number of thioether (sulfide) groups is 1. The Balaban J connectivity index is 2.15. The van der Waals surface area contributed by atoms with Crippen LogP contribution in [0, 0.1) is 0 Å². The fourth-order valence-corrected chi connectivity index (χ4v) is 2.08. The zero-order valence-corrected chi connectivity index (χ0v) is 10.1. The number of hydrogen-bond donors (Lipinski definition) is 0. The quantitative estimate of drug-likeness (QED) is 0.712. The van der Waals surface area contributed by atoms with E-state index in [0.29, 0.717) is 5.75 Å². The van der Waals surface area contributed by atoms with Gasteiger partial charge in [-0.1, -0.05) is 30.3 Å². The molecule has 0 aliphatic rings. The summed E-state index contributed by atoms with van der Waals surface area (Å²) in [4.78, 5) is 12.9. The van der Waals surface area contributed by atoms with E-state index < -0.39 is 0 Å². The summed E-state index contributed by atoms with van der Waals surface area (Å²) in [5.41, 5.74) is 1.34. The van der Waals surface area contributed by atoms with Crippen LogP contribution in [0.15, 0.2) is 30.3 Å². The molecular weight excluding hydrogens is 206 g/mol. The molecule has 0 aromatic heterocycles. The average Bonchev–Trinajstić information content (AvgIpc) is 2.25. The number of nitrogens with zero attached hydrogens (tertiary/aromatic N) is 1. The van der Waals surface area contributed by atoms with Gasteiger partial charge in [-0.25, -0.2) is 0 Å². The van der Waals surface area contributed by atoms with Crippen molar-refractivity contribution in [3.8, 4) is 0 Å². The Bertz CT molecular complexity index is 298. The number of carbonyl (C=O) groups is 1. The highest BCUT2D eigenvalue weighted by Crippen LogP contribution is 2.07. The van der Waals surface area contributed by atoms with Crippen LogP contribution in [0.2, 0.25) is 0 Å². The van der Waals surface area contributed by atoms with Crippen LogP contribution in [0.25, 0.3) is 0 Å². The van der Waals surface area contributed by atoms with Crippen LogP contribution >= 0.6 is 11.8 Å². The van der Waals surface area contributed by atoms with Gasteiger partial charge < -0.3 is 4.90 Å². The third-order valence-corrected chi connectivity index (χ3v) is 3.05. The molecule has 82 valence electrons. The number of aryl methyl sites for hydroxylation is 1. The summed E-state index contributed by atoms with van der Waals surface area (Å²) in [6.45, 7) is 0. The van der Waals surface area contributed by atoms with Gasteiger partial charge in [-0.3, -0.25) is 4.79 Å². The number of rotatable bonds is 5. The predicted molar refractivity (Wildman–Crippen MR) is 66.2 cm³/mol. The second kappa shape index (κ2) is 6.51. The highest BCUT2D eigenvalue weighted by atomic mass is 32.2. The van der Waals surface area contributed by atoms with Crippen LogP contribution < -0.4 is 0 Å². The molecule has 0 aliphatic carbocycles. The second-order valence-electron chi connectivity index (χ2n) is 3.58. The smallest absolute Gasteiger partial charge is 0.232 e. The number of benzene rings is 1. The molecule has 0 spiro atoms. The molecule has 0 fully saturated rings. The molecule has 0 unspecified atom stereocenters. The second-order valence-corrected chi connectivity index (χ2v) is 4.68. The summed E-state index contributed by atoms with van der Waals surface area (Å²) in [5, 5.41) is 0. The first-order valence-corrected chi connectivity index (χ1v) is 6.17. The highest BCUT2D eigenvalue weighted by molar-refractivity contribution is 7.99. The van der Waals surface area contributed by atoms with Gasteiger partial charge in [0.05, 0.1) is 5.75 Å². The Morgan fingerprint density at radius 1 is 1.27 bits per heavy atom. The number of hydrogen-bond acceptors (Lipinski definition) is 2. The average molecular weight is 223 g/mol. The molecule has 0 saturated heterocycles. The summed E-state index contributed by atoms with van der Waals surface area (Å²) in [5.74, 6) is 1.77. The van der Waals surface area contributed by atoms with E-state index in [4.69, 9.17) is 0 Å². The van der Waals surface area contributed by atoms with Gasteiger partial charge in [-0.15, -0.1) is 0 Å². The van der Waals surface area contributed by atoms with E-state index in [1.54, 1.807) is 30.8 Å². The summed E-state index contributed by atoms with van der Waals surface area (Å²) in [6.07, 6.45) is 1.03. The lowest BCUT2D eigenvalue weighted by molar-refractivity contribution is -0.125. The van der Waals surface area contributed by atoms with E-state index in [2.05, 4.69) is 12.1 Å². The molecule has 0 radical (unpaired) electrons. The molecular formula is C12H17NOS. The number of carbonyl (C=O) groups excluding carboxylic acids is 1. The Hall–Kier alpha value is -0.960. The van der Waals surface area contributed by atoms with E-state index in [9.17, 15) is 4.79 Å². The van der Waals surface area contributed by atoms with E-state index in [0.717, 1.165) is 12.2 Å².